The molecule has 1 N–H and O–H groups in total. The lowest BCUT2D eigenvalue weighted by molar-refractivity contribution is 0.268. The minimum atomic E-state index is -3.87. The van der Waals surface area contributed by atoms with Crippen molar-refractivity contribution in [1.82, 2.24) is 14.1 Å². The van der Waals surface area contributed by atoms with Crippen LogP contribution in [0.2, 0.25) is 0 Å². The number of aromatic nitrogens is 2. The van der Waals surface area contributed by atoms with Crippen molar-refractivity contribution in [3.8, 4) is 11.5 Å². The highest BCUT2D eigenvalue weighted by atomic mass is 32.2. The molecule has 0 radical (unpaired) electrons. The molecule has 0 spiro atoms. The molecule has 0 aliphatic heterocycles. The molecule has 8 nitrogen and oxygen atoms in total. The number of sulfonamides is 1. The van der Waals surface area contributed by atoms with Crippen LogP contribution < -0.4 is 9.47 Å². The average Bonchev–Trinajstić information content (AvgIpc) is 3.24. The van der Waals surface area contributed by atoms with E-state index in [0.717, 1.165) is 11.1 Å². The lowest BCUT2D eigenvalue weighted by atomic mass is 10.2. The summed E-state index contributed by atoms with van der Waals surface area (Å²) in [5.74, 6) is 1.40. The van der Waals surface area contributed by atoms with Gasteiger partial charge in [-0.1, -0.05) is 24.3 Å². The van der Waals surface area contributed by atoms with Gasteiger partial charge in [-0.05, 0) is 41.5 Å². The van der Waals surface area contributed by atoms with Crippen LogP contribution in [0.25, 0.3) is 0 Å². The monoisotopic (exact) mass is 431 g/mol. The lowest BCUT2D eigenvalue weighted by Crippen LogP contribution is -2.30. The van der Waals surface area contributed by atoms with Crippen molar-refractivity contribution in [2.24, 2.45) is 0 Å². The topological polar surface area (TPSA) is 93.9 Å². The number of aliphatic hydroxyl groups is 1. The molecular formula is C21H25N3O5S. The van der Waals surface area contributed by atoms with E-state index < -0.39 is 10.0 Å². The second kappa shape index (κ2) is 9.75. The highest BCUT2D eigenvalue weighted by Crippen LogP contribution is 2.22. The summed E-state index contributed by atoms with van der Waals surface area (Å²) in [5.41, 5.74) is 1.64. The highest BCUT2D eigenvalue weighted by molar-refractivity contribution is 7.89. The fraction of sp³-hybridized carbons (Fsp3) is 0.286. The Balaban J connectivity index is 1.91. The Morgan fingerprint density at radius 2 is 1.40 bits per heavy atom. The first kappa shape index (κ1) is 21.8. The van der Waals surface area contributed by atoms with Crippen molar-refractivity contribution in [3.63, 3.8) is 0 Å². The maximum Gasteiger partial charge on any atom is 0.262 e. The molecule has 3 rings (SSSR count). The maximum absolute atomic E-state index is 13.3. The van der Waals surface area contributed by atoms with Crippen molar-refractivity contribution in [2.75, 3.05) is 20.8 Å². The zero-order valence-corrected chi connectivity index (χ0v) is 17.7. The fourth-order valence-electron chi connectivity index (χ4n) is 2.93. The molecule has 1 aromatic heterocycles. The van der Waals surface area contributed by atoms with Gasteiger partial charge in [0.1, 0.15) is 11.5 Å². The molecule has 0 bridgehead atoms. The van der Waals surface area contributed by atoms with Gasteiger partial charge in [0.2, 0.25) is 0 Å². The molecule has 0 amide bonds. The maximum atomic E-state index is 13.3. The van der Waals surface area contributed by atoms with Gasteiger partial charge in [0, 0.05) is 19.3 Å². The number of ether oxygens (including phenoxy) is 2. The Kier molecular flexibility index (Phi) is 7.09. The molecule has 0 saturated heterocycles. The van der Waals surface area contributed by atoms with Gasteiger partial charge in [-0.2, -0.15) is 9.40 Å². The molecule has 3 aromatic rings. The molecule has 160 valence electrons. The number of methoxy groups -OCH3 is 2. The smallest absolute Gasteiger partial charge is 0.262 e. The third-order valence-corrected chi connectivity index (χ3v) is 6.27. The van der Waals surface area contributed by atoms with Crippen molar-refractivity contribution in [3.05, 3.63) is 71.9 Å². The van der Waals surface area contributed by atoms with Crippen molar-refractivity contribution in [2.45, 2.75) is 24.7 Å². The number of benzene rings is 2. The third-order valence-electron chi connectivity index (χ3n) is 4.59. The van der Waals surface area contributed by atoms with E-state index in [1.165, 1.54) is 15.1 Å². The highest BCUT2D eigenvalue weighted by Gasteiger charge is 2.27. The minimum absolute atomic E-state index is 0.0574. The molecule has 0 fully saturated rings. The molecule has 0 aliphatic rings. The predicted molar refractivity (Wildman–Crippen MR) is 112 cm³/mol. The Morgan fingerprint density at radius 1 is 0.900 bits per heavy atom. The molecule has 0 aliphatic carbocycles. The standard InChI is InChI=1S/C21H25N3O5S/c1-28-19-7-3-17(4-8-19)15-24(16-18-5-9-20(29-2)10-6-18)30(26,27)21-11-12-23(22-21)13-14-25/h3-12,25H,13-16H2,1-2H3. The summed E-state index contributed by atoms with van der Waals surface area (Å²) in [7, 11) is -0.706. The lowest BCUT2D eigenvalue weighted by Gasteiger charge is -2.21. The third kappa shape index (κ3) is 5.18. The van der Waals surface area contributed by atoms with Crippen molar-refractivity contribution >= 4 is 10.0 Å². The molecule has 2 aromatic carbocycles. The largest absolute Gasteiger partial charge is 0.497 e. The first-order chi connectivity index (χ1) is 14.5. The zero-order chi connectivity index (χ0) is 21.6. The van der Waals surface area contributed by atoms with Crippen LogP contribution in [0, 0.1) is 0 Å². The van der Waals surface area contributed by atoms with Gasteiger partial charge in [-0.25, -0.2) is 8.42 Å². The number of nitrogens with zero attached hydrogens (tertiary/aromatic N) is 3. The molecule has 0 saturated carbocycles. The Morgan fingerprint density at radius 3 is 1.83 bits per heavy atom. The molecule has 9 heteroatoms. The van der Waals surface area contributed by atoms with Gasteiger partial charge in [0.15, 0.2) is 5.03 Å². The van der Waals surface area contributed by atoms with Gasteiger partial charge in [0.25, 0.3) is 10.0 Å². The molecule has 0 atom stereocenters. The van der Waals surface area contributed by atoms with Gasteiger partial charge in [-0.15, -0.1) is 0 Å². The van der Waals surface area contributed by atoms with Crippen LogP contribution in [0.5, 0.6) is 11.5 Å². The Labute approximate surface area is 176 Å². The second-order valence-electron chi connectivity index (χ2n) is 6.61. The summed E-state index contributed by atoms with van der Waals surface area (Å²) < 4.78 is 39.8. The molecule has 0 unspecified atom stereocenters. The number of aliphatic hydroxyl groups excluding tert-OH is 1. The van der Waals surface area contributed by atoms with Gasteiger partial charge in [-0.3, -0.25) is 4.68 Å². The van der Waals surface area contributed by atoms with Crippen LogP contribution in [-0.2, 0) is 29.7 Å². The summed E-state index contributed by atoms with van der Waals surface area (Å²) >= 11 is 0. The summed E-state index contributed by atoms with van der Waals surface area (Å²) in [6.45, 7) is 0.450. The first-order valence-electron chi connectivity index (χ1n) is 9.36. The normalized spacial score (nSPS) is 11.6. The van der Waals surface area contributed by atoms with E-state index in [4.69, 9.17) is 14.6 Å². The minimum Gasteiger partial charge on any atom is -0.497 e. The van der Waals surface area contributed by atoms with Gasteiger partial charge < -0.3 is 14.6 Å². The first-order valence-corrected chi connectivity index (χ1v) is 10.8. The van der Waals surface area contributed by atoms with E-state index in [2.05, 4.69) is 5.10 Å². The Bertz CT molecular complexity index is 998. The average molecular weight is 432 g/mol. The number of rotatable bonds is 10. The molecular weight excluding hydrogens is 406 g/mol. The summed E-state index contributed by atoms with van der Waals surface area (Å²) in [6.07, 6.45) is 1.54. The van der Waals surface area contributed by atoms with Crippen LogP contribution >= 0.6 is 0 Å². The summed E-state index contributed by atoms with van der Waals surface area (Å²) in [6, 6.07) is 16.0. The predicted octanol–water partition coefficient (Wildman–Crippen LogP) is 2.28. The van der Waals surface area contributed by atoms with Crippen LogP contribution in [-0.4, -0.2) is 48.4 Å². The number of hydrogen-bond acceptors (Lipinski definition) is 6. The summed E-state index contributed by atoms with van der Waals surface area (Å²) in [4.78, 5) is 0. The van der Waals surface area contributed by atoms with E-state index in [1.807, 2.05) is 24.3 Å². The molecule has 1 heterocycles. The van der Waals surface area contributed by atoms with Crippen LogP contribution in [0.3, 0.4) is 0 Å². The zero-order valence-electron chi connectivity index (χ0n) is 16.9. The fourth-order valence-corrected chi connectivity index (χ4v) is 4.28. The second-order valence-corrected chi connectivity index (χ2v) is 8.49. The number of hydrogen-bond donors (Lipinski definition) is 1. The van der Waals surface area contributed by atoms with E-state index in [0.29, 0.717) is 11.5 Å². The van der Waals surface area contributed by atoms with E-state index >= 15 is 0 Å². The SMILES string of the molecule is COc1ccc(CN(Cc2ccc(OC)cc2)S(=O)(=O)c2ccn(CCO)n2)cc1. The van der Waals surface area contributed by atoms with Crippen LogP contribution in [0.1, 0.15) is 11.1 Å². The Hall–Kier alpha value is -2.88. The van der Waals surface area contributed by atoms with Crippen LogP contribution in [0.4, 0.5) is 0 Å². The van der Waals surface area contributed by atoms with E-state index in [9.17, 15) is 8.42 Å². The van der Waals surface area contributed by atoms with E-state index in [-0.39, 0.29) is 31.3 Å². The van der Waals surface area contributed by atoms with E-state index in [1.54, 1.807) is 44.7 Å². The summed E-state index contributed by atoms with van der Waals surface area (Å²) in [5, 5.41) is 13.1. The quantitative estimate of drug-likeness (QED) is 0.529. The molecule has 30 heavy (non-hydrogen) atoms. The van der Waals surface area contributed by atoms with Crippen molar-refractivity contribution < 1.29 is 23.0 Å². The van der Waals surface area contributed by atoms with Gasteiger partial charge >= 0.3 is 0 Å². The van der Waals surface area contributed by atoms with Crippen molar-refractivity contribution in [1.29, 1.82) is 0 Å². The van der Waals surface area contributed by atoms with Gasteiger partial charge in [0.05, 0.1) is 27.4 Å². The van der Waals surface area contributed by atoms with Crippen LogP contribution in [0.15, 0.2) is 65.8 Å².